The topological polar surface area (TPSA) is 85.5 Å². The third kappa shape index (κ3) is 1.89. The van der Waals surface area contributed by atoms with Crippen LogP contribution in [-0.4, -0.2) is 19.3 Å². The van der Waals surface area contributed by atoms with Crippen LogP contribution in [0.1, 0.15) is 16.8 Å². The van der Waals surface area contributed by atoms with Crippen LogP contribution in [0.25, 0.3) is 11.0 Å². The highest BCUT2D eigenvalue weighted by Gasteiger charge is 2.12. The first-order chi connectivity index (χ1) is 9.58. The van der Waals surface area contributed by atoms with Crippen molar-refractivity contribution in [2.45, 2.75) is 6.42 Å². The third-order valence-corrected chi connectivity index (χ3v) is 3.34. The lowest BCUT2D eigenvalue weighted by molar-refractivity contribution is 0.749. The monoisotopic (exact) mass is 266 g/mol. The Morgan fingerprint density at radius 2 is 2.15 bits per heavy atom. The van der Waals surface area contributed by atoms with E-state index in [0.29, 0.717) is 17.9 Å². The number of nitriles is 1. The largest absolute Gasteiger partial charge is 0.369 e. The molecular weight excluding hydrogens is 252 g/mol. The van der Waals surface area contributed by atoms with E-state index in [2.05, 4.69) is 16.2 Å². The van der Waals surface area contributed by atoms with E-state index >= 15 is 0 Å². The summed E-state index contributed by atoms with van der Waals surface area (Å²) in [4.78, 5) is 4.29. The maximum Gasteiger partial charge on any atom is 0.200 e. The molecule has 2 heterocycles. The van der Waals surface area contributed by atoms with E-state index in [-0.39, 0.29) is 0 Å². The molecule has 0 bridgehead atoms. The van der Waals surface area contributed by atoms with E-state index in [1.165, 1.54) is 0 Å². The minimum Gasteiger partial charge on any atom is -0.369 e. The van der Waals surface area contributed by atoms with Gasteiger partial charge in [-0.25, -0.2) is 4.98 Å². The van der Waals surface area contributed by atoms with Crippen LogP contribution >= 0.6 is 0 Å². The van der Waals surface area contributed by atoms with Crippen molar-refractivity contribution in [2.75, 3.05) is 5.73 Å². The molecule has 6 nitrogen and oxygen atoms in total. The summed E-state index contributed by atoms with van der Waals surface area (Å²) in [7, 11) is 3.69. The number of hydrogen-bond acceptors (Lipinski definition) is 4. The van der Waals surface area contributed by atoms with Gasteiger partial charge in [0.05, 0.1) is 22.3 Å². The van der Waals surface area contributed by atoms with Crippen molar-refractivity contribution < 1.29 is 0 Å². The first-order valence-corrected chi connectivity index (χ1v) is 6.22. The second kappa shape index (κ2) is 4.38. The second-order valence-electron chi connectivity index (χ2n) is 4.81. The zero-order valence-corrected chi connectivity index (χ0v) is 11.3. The Morgan fingerprint density at radius 1 is 1.35 bits per heavy atom. The van der Waals surface area contributed by atoms with E-state index in [9.17, 15) is 5.26 Å². The molecule has 0 saturated heterocycles. The van der Waals surface area contributed by atoms with Crippen LogP contribution in [-0.2, 0) is 20.5 Å². The van der Waals surface area contributed by atoms with Gasteiger partial charge in [-0.1, -0.05) is 0 Å². The van der Waals surface area contributed by atoms with Gasteiger partial charge in [-0.15, -0.1) is 0 Å². The first kappa shape index (κ1) is 12.2. The van der Waals surface area contributed by atoms with Crippen molar-refractivity contribution in [1.82, 2.24) is 19.3 Å². The summed E-state index contributed by atoms with van der Waals surface area (Å²) in [6, 6.07) is 8.01. The van der Waals surface area contributed by atoms with Gasteiger partial charge in [-0.05, 0) is 23.8 Å². The normalized spacial score (nSPS) is 10.8. The third-order valence-electron chi connectivity index (χ3n) is 3.34. The van der Waals surface area contributed by atoms with E-state index in [1.807, 2.05) is 38.5 Å². The summed E-state index contributed by atoms with van der Waals surface area (Å²) in [5.41, 5.74) is 9.87. The predicted molar refractivity (Wildman–Crippen MR) is 75.9 cm³/mol. The van der Waals surface area contributed by atoms with Gasteiger partial charge in [0.25, 0.3) is 0 Å². The van der Waals surface area contributed by atoms with Crippen molar-refractivity contribution in [3.8, 4) is 6.07 Å². The Bertz CT molecular complexity index is 833. The Morgan fingerprint density at radius 3 is 2.80 bits per heavy atom. The van der Waals surface area contributed by atoms with Gasteiger partial charge < -0.3 is 10.3 Å². The number of fused-ring (bicyclic) bond motifs is 1. The molecule has 0 atom stereocenters. The average molecular weight is 266 g/mol. The molecule has 6 heteroatoms. The molecule has 0 radical (unpaired) electrons. The number of nitrogen functional groups attached to an aromatic ring is 1. The number of anilines is 1. The fourth-order valence-electron chi connectivity index (χ4n) is 2.38. The van der Waals surface area contributed by atoms with Gasteiger partial charge in [0.15, 0.2) is 0 Å². The van der Waals surface area contributed by atoms with Crippen LogP contribution in [0.5, 0.6) is 0 Å². The highest BCUT2D eigenvalue weighted by atomic mass is 15.2. The summed E-state index contributed by atoms with van der Waals surface area (Å²) in [5.74, 6) is 0.409. The molecular formula is C14H14N6. The fraction of sp³-hybridized carbons (Fsp3) is 0.214. The summed E-state index contributed by atoms with van der Waals surface area (Å²) in [5, 5.41) is 13.7. The minimum absolute atomic E-state index is 0.409. The second-order valence-corrected chi connectivity index (χ2v) is 4.81. The first-order valence-electron chi connectivity index (χ1n) is 6.22. The molecule has 0 aliphatic heterocycles. The predicted octanol–water partition coefficient (Wildman–Crippen LogP) is 1.35. The van der Waals surface area contributed by atoms with Crippen LogP contribution in [0.15, 0.2) is 24.4 Å². The number of aryl methyl sites for hydroxylation is 2. The van der Waals surface area contributed by atoms with Gasteiger partial charge in [-0.2, -0.15) is 10.4 Å². The number of aromatic nitrogens is 4. The lowest BCUT2D eigenvalue weighted by Crippen LogP contribution is -1.98. The quantitative estimate of drug-likeness (QED) is 0.758. The molecule has 0 spiro atoms. The molecule has 3 aromatic rings. The van der Waals surface area contributed by atoms with Crippen molar-refractivity contribution in [3.63, 3.8) is 0 Å². The van der Waals surface area contributed by atoms with Gasteiger partial charge in [0.2, 0.25) is 5.95 Å². The fourth-order valence-corrected chi connectivity index (χ4v) is 2.38. The van der Waals surface area contributed by atoms with Gasteiger partial charge in [0.1, 0.15) is 6.07 Å². The maximum absolute atomic E-state index is 9.31. The van der Waals surface area contributed by atoms with Crippen LogP contribution in [0.4, 0.5) is 5.95 Å². The number of imidazole rings is 1. The number of hydrogen-bond donors (Lipinski definition) is 1. The van der Waals surface area contributed by atoms with Crippen LogP contribution in [0.3, 0.4) is 0 Å². The Hall–Kier alpha value is -2.81. The molecule has 0 aliphatic carbocycles. The van der Waals surface area contributed by atoms with E-state index in [0.717, 1.165) is 22.3 Å². The highest BCUT2D eigenvalue weighted by Crippen LogP contribution is 2.23. The number of nitrogens with zero attached hydrogens (tertiary/aromatic N) is 5. The number of rotatable bonds is 2. The summed E-state index contributed by atoms with van der Waals surface area (Å²) in [6.07, 6.45) is 2.57. The molecule has 0 unspecified atom stereocenters. The van der Waals surface area contributed by atoms with Crippen LogP contribution in [0, 0.1) is 11.3 Å². The standard InChI is InChI=1S/C14H14N6/c1-19-4-3-11(18-19)6-9-5-10(8-15)13-12(7-9)17-14(16)20(13)2/h3-5,7H,6H2,1-2H3,(H2,16,17). The lowest BCUT2D eigenvalue weighted by atomic mass is 10.1. The molecule has 0 aliphatic rings. The minimum atomic E-state index is 0.409. The smallest absolute Gasteiger partial charge is 0.200 e. The van der Waals surface area contributed by atoms with E-state index < -0.39 is 0 Å². The Kier molecular flexibility index (Phi) is 2.68. The lowest BCUT2D eigenvalue weighted by Gasteiger charge is -2.03. The average Bonchev–Trinajstić information content (AvgIpc) is 2.94. The highest BCUT2D eigenvalue weighted by molar-refractivity contribution is 5.85. The molecule has 20 heavy (non-hydrogen) atoms. The van der Waals surface area contributed by atoms with Crippen molar-refractivity contribution in [1.29, 1.82) is 5.26 Å². The summed E-state index contributed by atoms with van der Waals surface area (Å²) >= 11 is 0. The van der Waals surface area contributed by atoms with Gasteiger partial charge in [0, 0.05) is 26.7 Å². The SMILES string of the molecule is Cn1ccc(Cc2cc(C#N)c3c(c2)nc(N)n3C)n1. The molecule has 100 valence electrons. The zero-order valence-electron chi connectivity index (χ0n) is 11.3. The van der Waals surface area contributed by atoms with E-state index in [1.54, 1.807) is 9.25 Å². The molecule has 2 aromatic heterocycles. The van der Waals surface area contributed by atoms with Crippen LogP contribution < -0.4 is 5.73 Å². The molecule has 0 amide bonds. The van der Waals surface area contributed by atoms with E-state index in [4.69, 9.17) is 5.73 Å². The molecule has 3 rings (SSSR count). The van der Waals surface area contributed by atoms with Crippen molar-refractivity contribution in [3.05, 3.63) is 41.2 Å². The van der Waals surface area contributed by atoms with Crippen molar-refractivity contribution in [2.24, 2.45) is 14.1 Å². The molecule has 2 N–H and O–H groups in total. The Balaban J connectivity index is 2.11. The number of benzene rings is 1. The van der Waals surface area contributed by atoms with Crippen molar-refractivity contribution >= 4 is 17.0 Å². The molecule has 1 aromatic carbocycles. The van der Waals surface area contributed by atoms with Crippen LogP contribution in [0.2, 0.25) is 0 Å². The summed E-state index contributed by atoms with van der Waals surface area (Å²) < 4.78 is 3.50. The summed E-state index contributed by atoms with van der Waals surface area (Å²) in [6.45, 7) is 0. The van der Waals surface area contributed by atoms with Gasteiger partial charge >= 0.3 is 0 Å². The molecule has 0 saturated carbocycles. The maximum atomic E-state index is 9.31. The van der Waals surface area contributed by atoms with Gasteiger partial charge in [-0.3, -0.25) is 4.68 Å². The molecule has 0 fully saturated rings. The number of nitrogens with two attached hydrogens (primary N) is 1. The Labute approximate surface area is 116 Å². The zero-order chi connectivity index (χ0) is 14.3.